The summed E-state index contributed by atoms with van der Waals surface area (Å²) in [4.78, 5) is 0. The molecule has 0 atom stereocenters. The molecule has 0 nitrogen and oxygen atoms in total. The third-order valence-corrected chi connectivity index (χ3v) is 5.49. The highest BCUT2D eigenvalue weighted by Gasteiger charge is 2.14. The van der Waals surface area contributed by atoms with Crippen LogP contribution in [0, 0.1) is 0 Å². The van der Waals surface area contributed by atoms with Crippen molar-refractivity contribution in [2.75, 3.05) is 0 Å². The molecular weight excluding hydrogens is 315 g/mol. The van der Waals surface area contributed by atoms with Crippen LogP contribution in [-0.2, 0) is 0 Å². The topological polar surface area (TPSA) is 0 Å². The first-order chi connectivity index (χ1) is 11.2. The molecule has 0 amide bonds. The third kappa shape index (κ3) is 5.57. The van der Waals surface area contributed by atoms with Crippen molar-refractivity contribution in [1.29, 1.82) is 0 Å². The molecule has 3 rings (SSSR count). The van der Waals surface area contributed by atoms with Crippen LogP contribution in [0.5, 0.6) is 0 Å². The molecular formula is C18H15BF3P. The van der Waals surface area contributed by atoms with Crippen molar-refractivity contribution in [2.45, 2.75) is 0 Å². The van der Waals surface area contributed by atoms with E-state index in [1.807, 2.05) is 0 Å². The van der Waals surface area contributed by atoms with Crippen molar-refractivity contribution in [3.63, 3.8) is 0 Å². The van der Waals surface area contributed by atoms with Gasteiger partial charge in [-0.25, -0.2) is 0 Å². The quantitative estimate of drug-likeness (QED) is 0.495. The number of benzene rings is 3. The summed E-state index contributed by atoms with van der Waals surface area (Å²) >= 11 is 0. The number of hydrogen-bond donors (Lipinski definition) is 0. The second kappa shape index (κ2) is 9.17. The van der Waals surface area contributed by atoms with Crippen molar-refractivity contribution < 1.29 is 12.9 Å². The molecule has 0 aliphatic heterocycles. The van der Waals surface area contributed by atoms with Crippen LogP contribution in [0.25, 0.3) is 0 Å². The fraction of sp³-hybridized carbons (Fsp3) is 0. The van der Waals surface area contributed by atoms with Crippen LogP contribution in [0.4, 0.5) is 12.9 Å². The van der Waals surface area contributed by atoms with Crippen molar-refractivity contribution >= 4 is 31.4 Å². The van der Waals surface area contributed by atoms with Crippen LogP contribution in [-0.4, -0.2) is 7.54 Å². The van der Waals surface area contributed by atoms with E-state index in [0.29, 0.717) is 0 Å². The molecule has 0 spiro atoms. The molecule has 0 bridgehead atoms. The first kappa shape index (κ1) is 17.3. The predicted molar refractivity (Wildman–Crippen MR) is 94.2 cm³/mol. The molecule has 0 N–H and O–H groups in total. The molecule has 0 aliphatic rings. The molecule has 0 unspecified atom stereocenters. The van der Waals surface area contributed by atoms with Gasteiger partial charge in [0.1, 0.15) is 0 Å². The zero-order valence-electron chi connectivity index (χ0n) is 12.3. The molecule has 0 heterocycles. The Morgan fingerprint density at radius 3 is 0.913 bits per heavy atom. The number of halogens is 3. The maximum Gasteiger partial charge on any atom is 0.762 e. The highest BCUT2D eigenvalue weighted by molar-refractivity contribution is 7.79. The Balaban J connectivity index is 0.000000433. The summed E-state index contributed by atoms with van der Waals surface area (Å²) in [7, 11) is -4.11. The minimum Gasteiger partial charge on any atom is -0.254 e. The van der Waals surface area contributed by atoms with Crippen LogP contribution >= 0.6 is 7.92 Å². The second-order valence-electron chi connectivity index (χ2n) is 4.59. The highest BCUT2D eigenvalue weighted by Crippen LogP contribution is 2.32. The zero-order valence-corrected chi connectivity index (χ0v) is 13.2. The van der Waals surface area contributed by atoms with Gasteiger partial charge in [-0.15, -0.1) is 0 Å². The van der Waals surface area contributed by atoms with Gasteiger partial charge in [-0.1, -0.05) is 91.0 Å². The fourth-order valence-electron chi connectivity index (χ4n) is 2.18. The van der Waals surface area contributed by atoms with E-state index in [-0.39, 0.29) is 0 Å². The predicted octanol–water partition coefficient (Wildman–Crippen LogP) is 4.32. The van der Waals surface area contributed by atoms with E-state index in [1.54, 1.807) is 0 Å². The lowest BCUT2D eigenvalue weighted by Crippen LogP contribution is -2.20. The monoisotopic (exact) mass is 330 g/mol. The molecule has 0 radical (unpaired) electrons. The molecule has 116 valence electrons. The normalized spacial score (nSPS) is 9.91. The van der Waals surface area contributed by atoms with Gasteiger partial charge in [-0.3, -0.25) is 12.9 Å². The Kier molecular flexibility index (Phi) is 6.90. The lowest BCUT2D eigenvalue weighted by molar-refractivity contribution is 0.535. The molecule has 23 heavy (non-hydrogen) atoms. The summed E-state index contributed by atoms with van der Waals surface area (Å²) < 4.78 is 29.0. The summed E-state index contributed by atoms with van der Waals surface area (Å²) in [6, 6.07) is 32.3. The van der Waals surface area contributed by atoms with Crippen molar-refractivity contribution in [3.05, 3.63) is 91.0 Å². The average Bonchev–Trinajstić information content (AvgIpc) is 2.58. The smallest absolute Gasteiger partial charge is 0.254 e. The third-order valence-electron chi connectivity index (χ3n) is 3.04. The van der Waals surface area contributed by atoms with Gasteiger partial charge >= 0.3 is 7.54 Å². The van der Waals surface area contributed by atoms with Gasteiger partial charge in [0.15, 0.2) is 0 Å². The lowest BCUT2D eigenvalue weighted by Gasteiger charge is -2.18. The van der Waals surface area contributed by atoms with Crippen molar-refractivity contribution in [1.82, 2.24) is 0 Å². The average molecular weight is 330 g/mol. The zero-order chi connectivity index (χ0) is 16.5. The van der Waals surface area contributed by atoms with E-state index in [4.69, 9.17) is 0 Å². The van der Waals surface area contributed by atoms with E-state index in [2.05, 4.69) is 91.0 Å². The van der Waals surface area contributed by atoms with Crippen LogP contribution in [0.15, 0.2) is 91.0 Å². The summed E-state index contributed by atoms with van der Waals surface area (Å²) in [5.74, 6) is 0. The maximum atomic E-state index is 9.67. The lowest BCUT2D eigenvalue weighted by atomic mass is 10.4. The first-order valence-corrected chi connectivity index (χ1v) is 8.40. The number of hydrogen-bond acceptors (Lipinski definition) is 0. The van der Waals surface area contributed by atoms with Gasteiger partial charge in [-0.2, -0.15) is 0 Å². The Bertz CT molecular complexity index is 582. The molecule has 0 aromatic heterocycles. The van der Waals surface area contributed by atoms with Gasteiger partial charge in [0.05, 0.1) is 0 Å². The molecule has 3 aromatic rings. The van der Waals surface area contributed by atoms with Crippen LogP contribution in [0.1, 0.15) is 0 Å². The van der Waals surface area contributed by atoms with E-state index in [1.165, 1.54) is 15.9 Å². The van der Waals surface area contributed by atoms with Gasteiger partial charge in [0.25, 0.3) is 0 Å². The van der Waals surface area contributed by atoms with E-state index in [0.717, 1.165) is 0 Å². The SMILES string of the molecule is FB(F)F.c1ccc(P(c2ccccc2)c2ccccc2)cc1. The summed E-state index contributed by atoms with van der Waals surface area (Å²) in [6.07, 6.45) is 0. The molecule has 3 aromatic carbocycles. The summed E-state index contributed by atoms with van der Waals surface area (Å²) in [5.41, 5.74) is 0. The van der Waals surface area contributed by atoms with Crippen molar-refractivity contribution in [3.8, 4) is 0 Å². The van der Waals surface area contributed by atoms with E-state index in [9.17, 15) is 12.9 Å². The molecule has 0 aliphatic carbocycles. The largest absolute Gasteiger partial charge is 0.762 e. The Labute approximate surface area is 136 Å². The maximum absolute atomic E-state index is 9.67. The summed E-state index contributed by atoms with van der Waals surface area (Å²) in [6.45, 7) is 0. The van der Waals surface area contributed by atoms with Crippen LogP contribution in [0.2, 0.25) is 0 Å². The minimum atomic E-state index is -3.67. The van der Waals surface area contributed by atoms with E-state index >= 15 is 0 Å². The Morgan fingerprint density at radius 1 is 0.478 bits per heavy atom. The van der Waals surface area contributed by atoms with Gasteiger partial charge in [0.2, 0.25) is 0 Å². The van der Waals surface area contributed by atoms with Crippen LogP contribution < -0.4 is 15.9 Å². The molecule has 0 fully saturated rings. The van der Waals surface area contributed by atoms with Crippen LogP contribution in [0.3, 0.4) is 0 Å². The second-order valence-corrected chi connectivity index (χ2v) is 6.81. The highest BCUT2D eigenvalue weighted by atomic mass is 31.1. The molecule has 0 saturated carbocycles. The van der Waals surface area contributed by atoms with Gasteiger partial charge in [-0.05, 0) is 23.8 Å². The fourth-order valence-corrected chi connectivity index (χ4v) is 4.48. The molecule has 5 heteroatoms. The Morgan fingerprint density at radius 2 is 0.696 bits per heavy atom. The molecule has 0 saturated heterocycles. The van der Waals surface area contributed by atoms with Gasteiger partial charge in [0, 0.05) is 0 Å². The first-order valence-electron chi connectivity index (χ1n) is 7.06. The minimum absolute atomic E-state index is 0.446. The number of rotatable bonds is 3. The Hall–Kier alpha value is -2.06. The van der Waals surface area contributed by atoms with Crippen molar-refractivity contribution in [2.24, 2.45) is 0 Å². The van der Waals surface area contributed by atoms with Gasteiger partial charge < -0.3 is 0 Å². The summed E-state index contributed by atoms with van der Waals surface area (Å²) in [5, 5.41) is 4.19. The standard InChI is InChI=1S/C18H15P.BF3/c1-4-10-16(11-5-1)19(17-12-6-2-7-13-17)18-14-8-3-9-15-18;2-1(3)4/h1-15H;. The van der Waals surface area contributed by atoms with E-state index < -0.39 is 15.5 Å².